The maximum Gasteiger partial charge on any atom is 0.275 e. The predicted octanol–water partition coefficient (Wildman–Crippen LogP) is 2.17. The SMILES string of the molecule is O=C(Nc1ccc2c(c1)C(=O)NCC2)c1cnc2ccccc2n1. The molecule has 1 aliphatic heterocycles. The molecule has 0 saturated heterocycles. The second-order valence-corrected chi connectivity index (χ2v) is 5.58. The van der Waals surface area contributed by atoms with Crippen molar-refractivity contribution in [3.8, 4) is 0 Å². The maximum atomic E-state index is 12.4. The van der Waals surface area contributed by atoms with Crippen molar-refractivity contribution < 1.29 is 9.59 Å². The fourth-order valence-electron chi connectivity index (χ4n) is 2.75. The Labute approximate surface area is 137 Å². The maximum absolute atomic E-state index is 12.4. The molecule has 0 fully saturated rings. The molecule has 2 heterocycles. The number of nitrogens with zero attached hydrogens (tertiary/aromatic N) is 2. The number of amides is 2. The Kier molecular flexibility index (Phi) is 3.42. The van der Waals surface area contributed by atoms with E-state index in [9.17, 15) is 9.59 Å². The van der Waals surface area contributed by atoms with E-state index in [1.54, 1.807) is 12.1 Å². The summed E-state index contributed by atoms with van der Waals surface area (Å²) in [6.07, 6.45) is 2.24. The first-order chi connectivity index (χ1) is 11.7. The van der Waals surface area contributed by atoms with Crippen molar-refractivity contribution in [2.45, 2.75) is 6.42 Å². The van der Waals surface area contributed by atoms with Gasteiger partial charge in [-0.05, 0) is 36.2 Å². The van der Waals surface area contributed by atoms with Crippen LogP contribution in [0.4, 0.5) is 5.69 Å². The molecule has 0 atom stereocenters. The second kappa shape index (κ2) is 5.73. The molecule has 0 unspecified atom stereocenters. The number of fused-ring (bicyclic) bond motifs is 2. The molecule has 0 aliphatic carbocycles. The summed E-state index contributed by atoms with van der Waals surface area (Å²) in [5, 5.41) is 5.57. The summed E-state index contributed by atoms with van der Waals surface area (Å²) in [5.41, 5.74) is 3.78. The normalized spacial score (nSPS) is 13.2. The van der Waals surface area contributed by atoms with Crippen molar-refractivity contribution in [2.24, 2.45) is 0 Å². The highest BCUT2D eigenvalue weighted by molar-refractivity contribution is 6.05. The minimum Gasteiger partial charge on any atom is -0.352 e. The average molecular weight is 318 g/mol. The first-order valence-corrected chi connectivity index (χ1v) is 7.65. The lowest BCUT2D eigenvalue weighted by Crippen LogP contribution is -2.31. The van der Waals surface area contributed by atoms with Crippen LogP contribution in [0.3, 0.4) is 0 Å². The first-order valence-electron chi connectivity index (χ1n) is 7.65. The first kappa shape index (κ1) is 14.3. The summed E-state index contributed by atoms with van der Waals surface area (Å²) in [6.45, 7) is 0.643. The number of carbonyl (C=O) groups excluding carboxylic acids is 2. The van der Waals surface area contributed by atoms with Gasteiger partial charge in [0.05, 0.1) is 17.2 Å². The fraction of sp³-hybridized carbons (Fsp3) is 0.111. The van der Waals surface area contributed by atoms with Gasteiger partial charge in [0, 0.05) is 17.8 Å². The molecule has 3 aromatic rings. The quantitative estimate of drug-likeness (QED) is 0.758. The highest BCUT2D eigenvalue weighted by Crippen LogP contribution is 2.19. The van der Waals surface area contributed by atoms with Gasteiger partial charge in [0.15, 0.2) is 0 Å². The van der Waals surface area contributed by atoms with Crippen LogP contribution in [0.15, 0.2) is 48.7 Å². The minimum atomic E-state index is -0.357. The van der Waals surface area contributed by atoms with Crippen LogP contribution in [0, 0.1) is 0 Å². The van der Waals surface area contributed by atoms with Gasteiger partial charge in [-0.15, -0.1) is 0 Å². The summed E-state index contributed by atoms with van der Waals surface area (Å²) in [6, 6.07) is 12.7. The highest BCUT2D eigenvalue weighted by Gasteiger charge is 2.17. The van der Waals surface area contributed by atoms with E-state index in [1.807, 2.05) is 30.3 Å². The van der Waals surface area contributed by atoms with Crippen LogP contribution >= 0.6 is 0 Å². The van der Waals surface area contributed by atoms with E-state index in [2.05, 4.69) is 20.6 Å². The summed E-state index contributed by atoms with van der Waals surface area (Å²) in [5.74, 6) is -0.470. The zero-order valence-electron chi connectivity index (χ0n) is 12.7. The van der Waals surface area contributed by atoms with E-state index < -0.39 is 0 Å². The molecule has 6 nitrogen and oxygen atoms in total. The summed E-state index contributed by atoms with van der Waals surface area (Å²) in [7, 11) is 0. The number of rotatable bonds is 2. The van der Waals surface area contributed by atoms with Crippen molar-refractivity contribution in [2.75, 3.05) is 11.9 Å². The van der Waals surface area contributed by atoms with Crippen molar-refractivity contribution >= 4 is 28.5 Å². The molecule has 2 amide bonds. The number of anilines is 1. The molecular formula is C18H14N4O2. The summed E-state index contributed by atoms with van der Waals surface area (Å²) < 4.78 is 0. The molecular weight excluding hydrogens is 304 g/mol. The lowest BCUT2D eigenvalue weighted by atomic mass is 10.00. The third-order valence-corrected chi connectivity index (χ3v) is 3.97. The van der Waals surface area contributed by atoms with Crippen LogP contribution in [0.1, 0.15) is 26.4 Å². The molecule has 0 bridgehead atoms. The minimum absolute atomic E-state index is 0.113. The van der Waals surface area contributed by atoms with E-state index in [0.717, 1.165) is 17.5 Å². The lowest BCUT2D eigenvalue weighted by Gasteiger charge is -2.17. The Bertz CT molecular complexity index is 968. The molecule has 2 N–H and O–H groups in total. The van der Waals surface area contributed by atoms with Gasteiger partial charge in [0.2, 0.25) is 0 Å². The van der Waals surface area contributed by atoms with Gasteiger partial charge < -0.3 is 10.6 Å². The van der Waals surface area contributed by atoms with Crippen LogP contribution in [0.2, 0.25) is 0 Å². The number of hydrogen-bond donors (Lipinski definition) is 2. The molecule has 6 heteroatoms. The van der Waals surface area contributed by atoms with E-state index in [4.69, 9.17) is 0 Å². The van der Waals surface area contributed by atoms with Gasteiger partial charge in [-0.1, -0.05) is 18.2 Å². The van der Waals surface area contributed by atoms with Gasteiger partial charge in [-0.3, -0.25) is 14.6 Å². The number of benzene rings is 2. The molecule has 4 rings (SSSR count). The molecule has 118 valence electrons. The number of hydrogen-bond acceptors (Lipinski definition) is 4. The van der Waals surface area contributed by atoms with Crippen LogP contribution in [-0.2, 0) is 6.42 Å². The monoisotopic (exact) mass is 318 g/mol. The van der Waals surface area contributed by atoms with Crippen LogP contribution in [-0.4, -0.2) is 28.3 Å². The second-order valence-electron chi connectivity index (χ2n) is 5.58. The van der Waals surface area contributed by atoms with E-state index in [1.165, 1.54) is 6.20 Å². The molecule has 0 saturated carbocycles. The molecule has 1 aliphatic rings. The summed E-state index contributed by atoms with van der Waals surface area (Å²) in [4.78, 5) is 32.8. The topological polar surface area (TPSA) is 84.0 Å². The molecule has 0 spiro atoms. The molecule has 24 heavy (non-hydrogen) atoms. The lowest BCUT2D eigenvalue weighted by molar-refractivity contribution is 0.0944. The molecule has 1 aromatic heterocycles. The number of aromatic nitrogens is 2. The zero-order valence-corrected chi connectivity index (χ0v) is 12.7. The van der Waals surface area contributed by atoms with Gasteiger partial charge in [0.25, 0.3) is 11.8 Å². The van der Waals surface area contributed by atoms with E-state index >= 15 is 0 Å². The number of nitrogens with one attached hydrogen (secondary N) is 2. The fourth-order valence-corrected chi connectivity index (χ4v) is 2.75. The Balaban J connectivity index is 1.61. The van der Waals surface area contributed by atoms with Crippen molar-refractivity contribution in [1.82, 2.24) is 15.3 Å². The van der Waals surface area contributed by atoms with Gasteiger partial charge in [0.1, 0.15) is 5.69 Å². The number of para-hydroxylation sites is 2. The Morgan fingerprint density at radius 1 is 1.12 bits per heavy atom. The summed E-state index contributed by atoms with van der Waals surface area (Å²) >= 11 is 0. The smallest absolute Gasteiger partial charge is 0.275 e. The van der Waals surface area contributed by atoms with Crippen molar-refractivity contribution in [3.63, 3.8) is 0 Å². The van der Waals surface area contributed by atoms with Gasteiger partial charge >= 0.3 is 0 Å². The standard InChI is InChI=1S/C18H14N4O2/c23-17-13-9-12(6-5-11(13)7-8-19-17)21-18(24)16-10-20-14-3-1-2-4-15(14)22-16/h1-6,9-10H,7-8H2,(H,19,23)(H,21,24). The average Bonchev–Trinajstić information content (AvgIpc) is 2.62. The largest absolute Gasteiger partial charge is 0.352 e. The molecule has 0 radical (unpaired) electrons. The van der Waals surface area contributed by atoms with E-state index in [0.29, 0.717) is 23.3 Å². The highest BCUT2D eigenvalue weighted by atomic mass is 16.2. The van der Waals surface area contributed by atoms with Crippen LogP contribution in [0.5, 0.6) is 0 Å². The van der Waals surface area contributed by atoms with Gasteiger partial charge in [-0.2, -0.15) is 0 Å². The zero-order chi connectivity index (χ0) is 16.5. The van der Waals surface area contributed by atoms with Crippen molar-refractivity contribution in [3.05, 3.63) is 65.5 Å². The predicted molar refractivity (Wildman–Crippen MR) is 90.0 cm³/mol. The number of carbonyl (C=O) groups is 2. The van der Waals surface area contributed by atoms with Crippen molar-refractivity contribution in [1.29, 1.82) is 0 Å². The third kappa shape index (κ3) is 2.58. The molecule has 2 aromatic carbocycles. The Morgan fingerprint density at radius 2 is 1.96 bits per heavy atom. The van der Waals surface area contributed by atoms with Crippen LogP contribution in [0.25, 0.3) is 11.0 Å². The Hall–Kier alpha value is -3.28. The third-order valence-electron chi connectivity index (χ3n) is 3.97. The Morgan fingerprint density at radius 3 is 2.83 bits per heavy atom. The van der Waals surface area contributed by atoms with Gasteiger partial charge in [-0.25, -0.2) is 4.98 Å². The van der Waals surface area contributed by atoms with Crippen LogP contribution < -0.4 is 10.6 Å². The van der Waals surface area contributed by atoms with E-state index in [-0.39, 0.29) is 17.5 Å².